The first-order valence-corrected chi connectivity index (χ1v) is 9.18. The third-order valence-corrected chi connectivity index (χ3v) is 4.98. The molecule has 1 aliphatic heterocycles. The van der Waals surface area contributed by atoms with Crippen LogP contribution in [0.5, 0.6) is 0 Å². The molecule has 136 valence electrons. The molecule has 1 heterocycles. The van der Waals surface area contributed by atoms with Crippen molar-refractivity contribution in [3.8, 4) is 0 Å². The van der Waals surface area contributed by atoms with Gasteiger partial charge in [0, 0.05) is 37.3 Å². The maximum atomic E-state index is 12.8. The molecule has 0 N–H and O–H groups in total. The van der Waals surface area contributed by atoms with Crippen LogP contribution in [-0.2, 0) is 17.8 Å². The summed E-state index contributed by atoms with van der Waals surface area (Å²) in [4.78, 5) is 28.5. The van der Waals surface area contributed by atoms with E-state index >= 15 is 0 Å². The van der Waals surface area contributed by atoms with Gasteiger partial charge in [-0.15, -0.1) is 0 Å². The average Bonchev–Trinajstić information content (AvgIpc) is 3.05. The first-order chi connectivity index (χ1) is 12.5. The van der Waals surface area contributed by atoms with Crippen molar-refractivity contribution in [1.29, 1.82) is 0 Å². The first kappa shape index (κ1) is 18.3. The summed E-state index contributed by atoms with van der Waals surface area (Å²) in [5.74, 6) is 0.176. The normalized spacial score (nSPS) is 13.3. The van der Waals surface area contributed by atoms with E-state index in [1.54, 1.807) is 11.8 Å². The Morgan fingerprint density at radius 3 is 2.50 bits per heavy atom. The highest BCUT2D eigenvalue weighted by molar-refractivity contribution is 6.00. The number of amides is 1. The topological polar surface area (TPSA) is 40.6 Å². The molecule has 0 fully saturated rings. The third kappa shape index (κ3) is 4.02. The molecule has 4 nitrogen and oxygen atoms in total. The zero-order chi connectivity index (χ0) is 18.7. The molecule has 0 radical (unpaired) electrons. The fourth-order valence-electron chi connectivity index (χ4n) is 3.42. The number of hydrogen-bond donors (Lipinski definition) is 0. The highest BCUT2D eigenvalue weighted by atomic mass is 16.2. The summed E-state index contributed by atoms with van der Waals surface area (Å²) in [5.41, 5.74) is 3.97. The molecule has 0 bridgehead atoms. The van der Waals surface area contributed by atoms with Crippen molar-refractivity contribution in [2.45, 2.75) is 39.8 Å². The number of benzene rings is 2. The second-order valence-corrected chi connectivity index (χ2v) is 7.17. The van der Waals surface area contributed by atoms with E-state index in [-0.39, 0.29) is 17.7 Å². The molecule has 3 rings (SSSR count). The summed E-state index contributed by atoms with van der Waals surface area (Å²) in [6.45, 7) is 7.66. The average molecular weight is 350 g/mol. The Bertz CT molecular complexity index is 799. The summed E-state index contributed by atoms with van der Waals surface area (Å²) in [6.07, 6.45) is 0.813. The summed E-state index contributed by atoms with van der Waals surface area (Å²) >= 11 is 0. The van der Waals surface area contributed by atoms with E-state index in [4.69, 9.17) is 0 Å². The van der Waals surface area contributed by atoms with Gasteiger partial charge in [-0.25, -0.2) is 0 Å². The number of hydrogen-bond acceptors (Lipinski definition) is 3. The monoisotopic (exact) mass is 350 g/mol. The number of nitrogens with zero attached hydrogens (tertiary/aromatic N) is 2. The van der Waals surface area contributed by atoms with Crippen LogP contribution < -0.4 is 4.90 Å². The molecule has 2 aromatic carbocycles. The van der Waals surface area contributed by atoms with Crippen LogP contribution in [-0.4, -0.2) is 35.7 Å². The number of ketones is 1. The predicted molar refractivity (Wildman–Crippen MR) is 104 cm³/mol. The van der Waals surface area contributed by atoms with Crippen LogP contribution in [0.15, 0.2) is 48.5 Å². The number of carbonyl (C=O) groups excluding carboxylic acids is 2. The van der Waals surface area contributed by atoms with Crippen LogP contribution in [0.3, 0.4) is 0 Å². The molecule has 2 aromatic rings. The van der Waals surface area contributed by atoms with E-state index in [1.807, 2.05) is 36.4 Å². The minimum absolute atomic E-state index is 0.0525. The summed E-state index contributed by atoms with van der Waals surface area (Å²) in [6, 6.07) is 16.2. The van der Waals surface area contributed by atoms with Crippen LogP contribution in [0, 0.1) is 0 Å². The van der Waals surface area contributed by atoms with Crippen LogP contribution in [0.1, 0.15) is 42.3 Å². The van der Waals surface area contributed by atoms with Crippen LogP contribution >= 0.6 is 0 Å². The lowest BCUT2D eigenvalue weighted by Crippen LogP contribution is -2.35. The van der Waals surface area contributed by atoms with Gasteiger partial charge in [-0.1, -0.05) is 30.3 Å². The quantitative estimate of drug-likeness (QED) is 0.746. The van der Waals surface area contributed by atoms with Crippen LogP contribution in [0.2, 0.25) is 0 Å². The van der Waals surface area contributed by atoms with Gasteiger partial charge in [-0.3, -0.25) is 14.5 Å². The Labute approximate surface area is 155 Å². The molecule has 26 heavy (non-hydrogen) atoms. The number of fused-ring (bicyclic) bond motifs is 1. The molecular formula is C22H26N2O2. The second-order valence-electron chi connectivity index (χ2n) is 7.17. The highest BCUT2D eigenvalue weighted by Crippen LogP contribution is 2.29. The predicted octanol–water partition coefficient (Wildman–Crippen LogP) is 3.69. The largest absolute Gasteiger partial charge is 0.312 e. The zero-order valence-corrected chi connectivity index (χ0v) is 15.7. The standard InChI is InChI=1S/C22H26N2O2/c1-16(2)23(14-18-7-5-4-6-8-18)15-22(26)20-9-10-21-19(13-20)11-12-24(21)17(3)25/h4-10,13,16H,11-12,14-15H2,1-3H3. The van der Waals surface area contributed by atoms with Crippen LogP contribution in [0.25, 0.3) is 0 Å². The molecule has 0 saturated heterocycles. The van der Waals surface area contributed by atoms with Crippen molar-refractivity contribution >= 4 is 17.4 Å². The Morgan fingerprint density at radius 1 is 1.12 bits per heavy atom. The number of anilines is 1. The molecule has 0 saturated carbocycles. The van der Waals surface area contributed by atoms with Crippen molar-refractivity contribution in [3.05, 3.63) is 65.2 Å². The van der Waals surface area contributed by atoms with E-state index < -0.39 is 0 Å². The summed E-state index contributed by atoms with van der Waals surface area (Å²) in [5, 5.41) is 0. The maximum Gasteiger partial charge on any atom is 0.223 e. The fraction of sp³-hybridized carbons (Fsp3) is 0.364. The molecule has 4 heteroatoms. The second kappa shape index (κ2) is 7.83. The molecule has 0 atom stereocenters. The summed E-state index contributed by atoms with van der Waals surface area (Å²) < 4.78 is 0. The van der Waals surface area contributed by atoms with Crippen molar-refractivity contribution < 1.29 is 9.59 Å². The van der Waals surface area contributed by atoms with Gasteiger partial charge >= 0.3 is 0 Å². The molecule has 0 spiro atoms. The third-order valence-electron chi connectivity index (χ3n) is 4.98. The van der Waals surface area contributed by atoms with E-state index in [2.05, 4.69) is 30.9 Å². The van der Waals surface area contributed by atoms with Crippen molar-refractivity contribution in [3.63, 3.8) is 0 Å². The smallest absolute Gasteiger partial charge is 0.223 e. The van der Waals surface area contributed by atoms with Gasteiger partial charge in [0.15, 0.2) is 5.78 Å². The number of carbonyl (C=O) groups is 2. The summed E-state index contributed by atoms with van der Waals surface area (Å²) in [7, 11) is 0. The van der Waals surface area contributed by atoms with E-state index in [0.717, 1.165) is 29.8 Å². The SMILES string of the molecule is CC(=O)N1CCc2cc(C(=O)CN(Cc3ccccc3)C(C)C)ccc21. The molecule has 0 unspecified atom stereocenters. The van der Waals surface area contributed by atoms with Gasteiger partial charge < -0.3 is 4.90 Å². The zero-order valence-electron chi connectivity index (χ0n) is 15.7. The lowest BCUT2D eigenvalue weighted by atomic mass is 10.0. The fourth-order valence-corrected chi connectivity index (χ4v) is 3.42. The van der Waals surface area contributed by atoms with Gasteiger partial charge in [0.05, 0.1) is 6.54 Å². The lowest BCUT2D eigenvalue weighted by molar-refractivity contribution is -0.116. The van der Waals surface area contributed by atoms with E-state index in [1.165, 1.54) is 5.56 Å². The molecular weight excluding hydrogens is 324 g/mol. The Hall–Kier alpha value is -2.46. The molecule has 1 aliphatic rings. The van der Waals surface area contributed by atoms with Gasteiger partial charge in [-0.2, -0.15) is 0 Å². The number of Topliss-reactive ketones (excluding diaryl/α,β-unsaturated/α-hetero) is 1. The lowest BCUT2D eigenvalue weighted by Gasteiger charge is -2.26. The highest BCUT2D eigenvalue weighted by Gasteiger charge is 2.24. The first-order valence-electron chi connectivity index (χ1n) is 9.18. The number of rotatable bonds is 6. The Morgan fingerprint density at radius 2 is 1.85 bits per heavy atom. The molecule has 0 aromatic heterocycles. The Kier molecular flexibility index (Phi) is 5.52. The van der Waals surface area contributed by atoms with Gasteiger partial charge in [0.25, 0.3) is 0 Å². The van der Waals surface area contributed by atoms with Crippen LogP contribution in [0.4, 0.5) is 5.69 Å². The minimum Gasteiger partial charge on any atom is -0.312 e. The van der Waals surface area contributed by atoms with Crippen molar-refractivity contribution in [2.75, 3.05) is 18.0 Å². The van der Waals surface area contributed by atoms with E-state index in [9.17, 15) is 9.59 Å². The maximum absolute atomic E-state index is 12.8. The van der Waals surface area contributed by atoms with Crippen molar-refractivity contribution in [2.24, 2.45) is 0 Å². The minimum atomic E-state index is 0.0525. The van der Waals surface area contributed by atoms with Gasteiger partial charge in [0.1, 0.15) is 0 Å². The van der Waals surface area contributed by atoms with Crippen molar-refractivity contribution in [1.82, 2.24) is 4.90 Å². The van der Waals surface area contributed by atoms with Gasteiger partial charge in [-0.05, 0) is 49.6 Å². The van der Waals surface area contributed by atoms with Gasteiger partial charge in [0.2, 0.25) is 5.91 Å². The molecule has 1 amide bonds. The molecule has 0 aliphatic carbocycles. The van der Waals surface area contributed by atoms with E-state index in [0.29, 0.717) is 13.1 Å². The Balaban J connectivity index is 1.73.